The van der Waals surface area contributed by atoms with Crippen molar-refractivity contribution in [1.29, 1.82) is 0 Å². The van der Waals surface area contributed by atoms with E-state index in [1.54, 1.807) is 18.5 Å². The second-order valence-corrected chi connectivity index (χ2v) is 5.72. The third kappa shape index (κ3) is 4.52. The van der Waals surface area contributed by atoms with Crippen molar-refractivity contribution in [2.75, 3.05) is 0 Å². The molecule has 0 unspecified atom stereocenters. The standard InChI is InChI=1S/C18H20N2O3/c21-17(22-13-14-5-2-1-3-6-14)15-7-9-16(10-8-15)23-18-19-11-4-12-20-18/h1-6,11-12,15-16H,7-10,13H2. The molecule has 1 aliphatic carbocycles. The fraction of sp³-hybridized carbons (Fsp3) is 0.389. The average molecular weight is 312 g/mol. The van der Waals surface area contributed by atoms with Crippen LogP contribution in [0.1, 0.15) is 31.2 Å². The van der Waals surface area contributed by atoms with Crippen molar-refractivity contribution in [3.05, 3.63) is 54.4 Å². The van der Waals surface area contributed by atoms with Crippen molar-refractivity contribution in [1.82, 2.24) is 9.97 Å². The van der Waals surface area contributed by atoms with Crippen LogP contribution in [0.15, 0.2) is 48.8 Å². The van der Waals surface area contributed by atoms with Gasteiger partial charge in [0.05, 0.1) is 5.92 Å². The van der Waals surface area contributed by atoms with E-state index in [4.69, 9.17) is 9.47 Å². The highest BCUT2D eigenvalue weighted by atomic mass is 16.5. The van der Waals surface area contributed by atoms with Crippen LogP contribution in [0.3, 0.4) is 0 Å². The zero-order valence-electron chi connectivity index (χ0n) is 12.9. The van der Waals surface area contributed by atoms with Crippen LogP contribution in [0.5, 0.6) is 6.01 Å². The first-order valence-electron chi connectivity index (χ1n) is 7.95. The minimum Gasteiger partial charge on any atom is -0.461 e. The lowest BCUT2D eigenvalue weighted by Crippen LogP contribution is -2.29. The van der Waals surface area contributed by atoms with E-state index in [-0.39, 0.29) is 18.0 Å². The van der Waals surface area contributed by atoms with Crippen LogP contribution in [0.4, 0.5) is 0 Å². The number of benzene rings is 1. The van der Waals surface area contributed by atoms with E-state index in [1.807, 2.05) is 30.3 Å². The van der Waals surface area contributed by atoms with Gasteiger partial charge < -0.3 is 9.47 Å². The Bertz CT molecular complexity index is 611. The summed E-state index contributed by atoms with van der Waals surface area (Å²) in [5.41, 5.74) is 1.01. The van der Waals surface area contributed by atoms with E-state index in [0.29, 0.717) is 12.6 Å². The Kier molecular flexibility index (Phi) is 5.19. The van der Waals surface area contributed by atoms with Gasteiger partial charge in [-0.25, -0.2) is 9.97 Å². The highest BCUT2D eigenvalue weighted by Crippen LogP contribution is 2.27. The van der Waals surface area contributed by atoms with Crippen molar-refractivity contribution in [3.8, 4) is 6.01 Å². The Balaban J connectivity index is 1.42. The van der Waals surface area contributed by atoms with Crippen LogP contribution in [-0.2, 0) is 16.1 Å². The van der Waals surface area contributed by atoms with Crippen LogP contribution in [0, 0.1) is 5.92 Å². The number of carbonyl (C=O) groups excluding carboxylic acids is 1. The maximum atomic E-state index is 12.1. The zero-order valence-corrected chi connectivity index (χ0v) is 12.9. The van der Waals surface area contributed by atoms with Gasteiger partial charge in [0.2, 0.25) is 0 Å². The van der Waals surface area contributed by atoms with Gasteiger partial charge in [-0.1, -0.05) is 30.3 Å². The van der Waals surface area contributed by atoms with Gasteiger partial charge in [-0.3, -0.25) is 4.79 Å². The van der Waals surface area contributed by atoms with E-state index < -0.39 is 0 Å². The lowest BCUT2D eigenvalue weighted by atomic mass is 9.87. The molecule has 0 N–H and O–H groups in total. The number of ether oxygens (including phenoxy) is 2. The number of hydrogen-bond donors (Lipinski definition) is 0. The number of hydrogen-bond acceptors (Lipinski definition) is 5. The predicted molar refractivity (Wildman–Crippen MR) is 84.6 cm³/mol. The third-order valence-electron chi connectivity index (χ3n) is 4.05. The van der Waals surface area contributed by atoms with Crippen molar-refractivity contribution in [2.45, 2.75) is 38.4 Å². The van der Waals surface area contributed by atoms with Crippen LogP contribution < -0.4 is 4.74 Å². The minimum absolute atomic E-state index is 0.0322. The molecule has 0 aliphatic heterocycles. The second kappa shape index (κ2) is 7.72. The maximum Gasteiger partial charge on any atom is 0.316 e. The fourth-order valence-electron chi connectivity index (χ4n) is 2.76. The number of carbonyl (C=O) groups is 1. The lowest BCUT2D eigenvalue weighted by Gasteiger charge is -2.27. The molecular weight excluding hydrogens is 292 g/mol. The summed E-state index contributed by atoms with van der Waals surface area (Å²) in [6, 6.07) is 11.9. The average Bonchev–Trinajstić information content (AvgIpc) is 2.62. The summed E-state index contributed by atoms with van der Waals surface area (Å²) in [6.07, 6.45) is 6.61. The van der Waals surface area contributed by atoms with Gasteiger partial charge in [-0.2, -0.15) is 0 Å². The summed E-state index contributed by atoms with van der Waals surface area (Å²) < 4.78 is 11.2. The van der Waals surface area contributed by atoms with E-state index in [2.05, 4.69) is 9.97 Å². The molecule has 1 heterocycles. The van der Waals surface area contributed by atoms with E-state index in [0.717, 1.165) is 31.2 Å². The van der Waals surface area contributed by atoms with Crippen LogP contribution in [0.25, 0.3) is 0 Å². The summed E-state index contributed by atoms with van der Waals surface area (Å²) in [5, 5.41) is 0. The number of aromatic nitrogens is 2. The van der Waals surface area contributed by atoms with Crippen molar-refractivity contribution >= 4 is 5.97 Å². The van der Waals surface area contributed by atoms with Crippen LogP contribution in [-0.4, -0.2) is 22.0 Å². The smallest absolute Gasteiger partial charge is 0.316 e. The van der Waals surface area contributed by atoms with Gasteiger partial charge >= 0.3 is 12.0 Å². The second-order valence-electron chi connectivity index (χ2n) is 5.72. The molecule has 0 bridgehead atoms. The largest absolute Gasteiger partial charge is 0.461 e. The van der Waals surface area contributed by atoms with Gasteiger partial charge in [0.15, 0.2) is 0 Å². The fourth-order valence-corrected chi connectivity index (χ4v) is 2.76. The summed E-state index contributed by atoms with van der Waals surface area (Å²) >= 11 is 0. The normalized spacial score (nSPS) is 20.7. The Hall–Kier alpha value is -2.43. The molecule has 5 nitrogen and oxygen atoms in total. The molecule has 3 rings (SSSR count). The Morgan fingerprint density at radius 2 is 1.70 bits per heavy atom. The van der Waals surface area contributed by atoms with E-state index >= 15 is 0 Å². The molecule has 5 heteroatoms. The molecule has 1 aromatic carbocycles. The maximum absolute atomic E-state index is 12.1. The Morgan fingerprint density at radius 1 is 1.00 bits per heavy atom. The van der Waals surface area contributed by atoms with Crippen LogP contribution in [0.2, 0.25) is 0 Å². The molecule has 0 amide bonds. The SMILES string of the molecule is O=C(OCc1ccccc1)C1CCC(Oc2ncccn2)CC1. The molecule has 1 aliphatic rings. The van der Waals surface area contributed by atoms with E-state index in [9.17, 15) is 4.79 Å². The van der Waals surface area contributed by atoms with Gasteiger partial charge in [0.1, 0.15) is 12.7 Å². The first kappa shape index (κ1) is 15.5. The molecule has 120 valence electrons. The molecule has 0 atom stereocenters. The Labute approximate surface area is 135 Å². The van der Waals surface area contributed by atoms with Gasteiger partial charge in [0, 0.05) is 12.4 Å². The van der Waals surface area contributed by atoms with E-state index in [1.165, 1.54) is 0 Å². The zero-order chi connectivity index (χ0) is 15.9. The molecule has 1 saturated carbocycles. The molecule has 0 saturated heterocycles. The predicted octanol–water partition coefficient (Wildman–Crippen LogP) is 3.16. The summed E-state index contributed by atoms with van der Waals surface area (Å²) in [6.45, 7) is 0.341. The molecule has 23 heavy (non-hydrogen) atoms. The molecule has 1 aromatic heterocycles. The van der Waals surface area contributed by atoms with Crippen LogP contribution >= 0.6 is 0 Å². The molecular formula is C18H20N2O3. The Morgan fingerprint density at radius 3 is 2.39 bits per heavy atom. The van der Waals surface area contributed by atoms with Gasteiger partial charge in [-0.15, -0.1) is 0 Å². The highest BCUT2D eigenvalue weighted by molar-refractivity contribution is 5.72. The first-order valence-corrected chi connectivity index (χ1v) is 7.95. The molecule has 2 aromatic rings. The van der Waals surface area contributed by atoms with Crippen molar-refractivity contribution in [3.63, 3.8) is 0 Å². The minimum atomic E-state index is -0.108. The third-order valence-corrected chi connectivity index (χ3v) is 4.05. The monoisotopic (exact) mass is 312 g/mol. The highest BCUT2D eigenvalue weighted by Gasteiger charge is 2.28. The number of nitrogens with zero attached hydrogens (tertiary/aromatic N) is 2. The summed E-state index contributed by atoms with van der Waals surface area (Å²) in [4.78, 5) is 20.3. The van der Waals surface area contributed by atoms with Crippen molar-refractivity contribution in [2.24, 2.45) is 5.92 Å². The topological polar surface area (TPSA) is 61.3 Å². The number of rotatable bonds is 5. The lowest BCUT2D eigenvalue weighted by molar-refractivity contribution is -0.151. The molecule has 1 fully saturated rings. The van der Waals surface area contributed by atoms with Gasteiger partial charge in [-0.05, 0) is 37.3 Å². The summed E-state index contributed by atoms with van der Waals surface area (Å²) in [7, 11) is 0. The van der Waals surface area contributed by atoms with Crippen molar-refractivity contribution < 1.29 is 14.3 Å². The number of esters is 1. The molecule has 0 radical (unpaired) electrons. The molecule has 0 spiro atoms. The van der Waals surface area contributed by atoms with Gasteiger partial charge in [0.25, 0.3) is 0 Å². The first-order chi connectivity index (χ1) is 11.3. The quantitative estimate of drug-likeness (QED) is 0.794. The summed E-state index contributed by atoms with van der Waals surface area (Å²) in [5.74, 6) is -0.140.